The smallest absolute Gasteiger partial charge is 0.355 e. The summed E-state index contributed by atoms with van der Waals surface area (Å²) in [5, 5.41) is 17.5. The molecule has 0 unspecified atom stereocenters. The molecule has 1 rings (SSSR count). The van der Waals surface area contributed by atoms with Crippen LogP contribution in [0.25, 0.3) is 0 Å². The summed E-state index contributed by atoms with van der Waals surface area (Å²) < 4.78 is 0.672. The molecule has 5 nitrogen and oxygen atoms in total. The third-order valence-corrected chi connectivity index (χ3v) is 4.83. The molecule has 1 aromatic heterocycles. The molecule has 0 saturated carbocycles. The first-order valence-corrected chi connectivity index (χ1v) is 5.75. The van der Waals surface area contributed by atoms with Crippen molar-refractivity contribution in [1.82, 2.24) is 4.98 Å². The van der Waals surface area contributed by atoms with Crippen molar-refractivity contribution in [2.75, 3.05) is 0 Å². The first-order chi connectivity index (χ1) is 6.86. The molecule has 1 heterocycles. The minimum absolute atomic E-state index is 0.187. The van der Waals surface area contributed by atoms with Crippen molar-refractivity contribution in [3.05, 3.63) is 24.8 Å². The summed E-state index contributed by atoms with van der Waals surface area (Å²) in [7, 11) is 0. The summed E-state index contributed by atoms with van der Waals surface area (Å²) >= 11 is 9.06. The Morgan fingerprint density at radius 2 is 1.20 bits per heavy atom. The van der Waals surface area contributed by atoms with Gasteiger partial charge >= 0.3 is 11.9 Å². The minimum Gasteiger partial charge on any atom is -0.476 e. The van der Waals surface area contributed by atoms with Gasteiger partial charge in [0.25, 0.3) is 0 Å². The van der Waals surface area contributed by atoms with Gasteiger partial charge in [-0.25, -0.2) is 14.6 Å². The molecule has 0 aliphatic carbocycles. The Hall–Kier alpha value is -0.470. The lowest BCUT2D eigenvalue weighted by molar-refractivity contribution is 0.0683. The molecule has 8 heteroatoms. The van der Waals surface area contributed by atoms with E-state index in [4.69, 9.17) is 10.2 Å². The van der Waals surface area contributed by atoms with Gasteiger partial charge in [0.05, 0.1) is 13.4 Å². The molecule has 0 atom stereocenters. The van der Waals surface area contributed by atoms with Crippen LogP contribution >= 0.6 is 47.8 Å². The van der Waals surface area contributed by atoms with Crippen LogP contribution in [-0.4, -0.2) is 27.1 Å². The van der Waals surface area contributed by atoms with E-state index >= 15 is 0 Å². The van der Waals surface area contributed by atoms with Crippen LogP contribution in [0.15, 0.2) is 13.4 Å². The van der Waals surface area contributed by atoms with Crippen molar-refractivity contribution in [2.45, 2.75) is 0 Å². The summed E-state index contributed by atoms with van der Waals surface area (Å²) in [5.41, 5.74) is -0.718. The molecule has 1 aromatic rings. The molecule has 0 amide bonds. The SMILES string of the molecule is O=C(O)c1nc(C(=O)O)c(Br)c(Br)c1Br. The van der Waals surface area contributed by atoms with E-state index < -0.39 is 11.9 Å². The minimum atomic E-state index is -1.31. The Kier molecular flexibility index (Phi) is 3.85. The Balaban J connectivity index is 3.59. The largest absolute Gasteiger partial charge is 0.476 e. The van der Waals surface area contributed by atoms with Gasteiger partial charge in [-0.1, -0.05) is 0 Å². The summed E-state index contributed by atoms with van der Waals surface area (Å²) in [6.45, 7) is 0. The van der Waals surface area contributed by atoms with E-state index in [9.17, 15) is 9.59 Å². The highest BCUT2D eigenvalue weighted by molar-refractivity contribution is 9.14. The predicted molar refractivity (Wildman–Crippen MR) is 61.3 cm³/mol. The van der Waals surface area contributed by atoms with Crippen LogP contribution < -0.4 is 0 Å². The molecular formula is C7H2Br3NO4. The molecule has 15 heavy (non-hydrogen) atoms. The molecule has 0 saturated heterocycles. The summed E-state index contributed by atoms with van der Waals surface area (Å²) in [5.74, 6) is -2.62. The topological polar surface area (TPSA) is 87.5 Å². The maximum atomic E-state index is 10.7. The van der Waals surface area contributed by atoms with Crippen molar-refractivity contribution in [3.8, 4) is 0 Å². The van der Waals surface area contributed by atoms with Gasteiger partial charge in [-0.15, -0.1) is 0 Å². The second-order valence-electron chi connectivity index (χ2n) is 2.36. The maximum absolute atomic E-state index is 10.7. The van der Waals surface area contributed by atoms with Gasteiger partial charge in [-0.05, 0) is 47.8 Å². The maximum Gasteiger partial charge on any atom is 0.355 e. The number of rotatable bonds is 2. The molecule has 0 aromatic carbocycles. The zero-order valence-electron chi connectivity index (χ0n) is 6.79. The van der Waals surface area contributed by atoms with Crippen molar-refractivity contribution in [3.63, 3.8) is 0 Å². The standard InChI is InChI=1S/C7H2Br3NO4/c8-1-2(9)4(6(12)13)11-5(3(1)10)7(14)15/h(H,12,13)(H,14,15). The van der Waals surface area contributed by atoms with E-state index in [0.29, 0.717) is 4.47 Å². The lowest BCUT2D eigenvalue weighted by Gasteiger charge is -2.06. The second kappa shape index (κ2) is 4.58. The molecule has 0 radical (unpaired) electrons. The molecule has 0 spiro atoms. The van der Waals surface area contributed by atoms with Gasteiger partial charge in [0.15, 0.2) is 11.4 Å². The average molecular weight is 404 g/mol. The number of hydrogen-bond donors (Lipinski definition) is 2. The molecule has 0 aliphatic heterocycles. The van der Waals surface area contributed by atoms with E-state index in [0.717, 1.165) is 0 Å². The number of carbonyl (C=O) groups is 2. The Bertz CT molecular complexity index is 422. The third kappa shape index (κ3) is 2.37. The Morgan fingerprint density at radius 1 is 0.867 bits per heavy atom. The van der Waals surface area contributed by atoms with Crippen molar-refractivity contribution < 1.29 is 19.8 Å². The van der Waals surface area contributed by atoms with Crippen molar-refractivity contribution in [2.24, 2.45) is 0 Å². The zero-order valence-corrected chi connectivity index (χ0v) is 11.6. The number of carboxylic acids is 2. The van der Waals surface area contributed by atoms with Crippen LogP contribution in [0.5, 0.6) is 0 Å². The van der Waals surface area contributed by atoms with Crippen LogP contribution in [0.1, 0.15) is 21.0 Å². The molecule has 80 valence electrons. The first-order valence-electron chi connectivity index (χ1n) is 3.37. The molecular weight excluding hydrogens is 402 g/mol. The van der Waals surface area contributed by atoms with Crippen molar-refractivity contribution in [1.29, 1.82) is 0 Å². The second-order valence-corrected chi connectivity index (χ2v) is 4.74. The number of aromatic carboxylic acids is 2. The van der Waals surface area contributed by atoms with Crippen LogP contribution in [0.2, 0.25) is 0 Å². The van der Waals surface area contributed by atoms with Gasteiger partial charge < -0.3 is 10.2 Å². The predicted octanol–water partition coefficient (Wildman–Crippen LogP) is 2.77. The van der Waals surface area contributed by atoms with Gasteiger partial charge in [0.1, 0.15) is 0 Å². The summed E-state index contributed by atoms with van der Waals surface area (Å²) in [4.78, 5) is 25.0. The first kappa shape index (κ1) is 12.6. The number of hydrogen-bond acceptors (Lipinski definition) is 3. The zero-order chi connectivity index (χ0) is 11.7. The van der Waals surface area contributed by atoms with Crippen LogP contribution in [0.3, 0.4) is 0 Å². The molecule has 0 fully saturated rings. The highest BCUT2D eigenvalue weighted by Gasteiger charge is 2.22. The Morgan fingerprint density at radius 3 is 1.47 bits per heavy atom. The molecule has 2 N–H and O–H groups in total. The van der Waals surface area contributed by atoms with Gasteiger partial charge in [0.2, 0.25) is 0 Å². The van der Waals surface area contributed by atoms with Crippen LogP contribution in [0, 0.1) is 0 Å². The number of aromatic nitrogens is 1. The van der Waals surface area contributed by atoms with E-state index in [1.165, 1.54) is 0 Å². The van der Waals surface area contributed by atoms with Crippen LogP contribution in [0.4, 0.5) is 0 Å². The van der Waals surface area contributed by atoms with Gasteiger partial charge in [0, 0.05) is 0 Å². The third-order valence-electron chi connectivity index (χ3n) is 1.43. The van der Waals surface area contributed by atoms with E-state index in [1.807, 2.05) is 0 Å². The van der Waals surface area contributed by atoms with E-state index in [1.54, 1.807) is 0 Å². The highest BCUT2D eigenvalue weighted by Crippen LogP contribution is 2.34. The number of nitrogens with zero attached hydrogens (tertiary/aromatic N) is 1. The summed E-state index contributed by atoms with van der Waals surface area (Å²) in [6.07, 6.45) is 0. The van der Waals surface area contributed by atoms with Crippen LogP contribution in [-0.2, 0) is 0 Å². The van der Waals surface area contributed by atoms with E-state index in [2.05, 4.69) is 52.8 Å². The molecule has 0 bridgehead atoms. The monoisotopic (exact) mass is 401 g/mol. The highest BCUT2D eigenvalue weighted by atomic mass is 79.9. The number of pyridine rings is 1. The average Bonchev–Trinajstić information content (AvgIpc) is 2.13. The number of carboxylic acid groups (broad SMARTS) is 2. The quantitative estimate of drug-likeness (QED) is 0.792. The fourth-order valence-electron chi connectivity index (χ4n) is 0.798. The Labute approximate surface area is 109 Å². The lowest BCUT2D eigenvalue weighted by atomic mass is 10.3. The number of halogens is 3. The molecule has 0 aliphatic rings. The lowest BCUT2D eigenvalue weighted by Crippen LogP contribution is -2.10. The fourth-order valence-corrected chi connectivity index (χ4v) is 2.35. The normalized spacial score (nSPS) is 10.1. The fraction of sp³-hybridized carbons (Fsp3) is 0. The van der Waals surface area contributed by atoms with Gasteiger partial charge in [-0.2, -0.15) is 0 Å². The van der Waals surface area contributed by atoms with E-state index in [-0.39, 0.29) is 20.3 Å². The summed E-state index contributed by atoms with van der Waals surface area (Å²) in [6, 6.07) is 0. The van der Waals surface area contributed by atoms with Gasteiger partial charge in [-0.3, -0.25) is 0 Å². The van der Waals surface area contributed by atoms with Crippen molar-refractivity contribution >= 4 is 59.7 Å².